The summed E-state index contributed by atoms with van der Waals surface area (Å²) < 4.78 is 26.9. The third-order valence-corrected chi connectivity index (χ3v) is 5.42. The summed E-state index contributed by atoms with van der Waals surface area (Å²) in [6.07, 6.45) is 1.49. The van der Waals surface area contributed by atoms with Crippen LogP contribution in [0.5, 0.6) is 0 Å². The topological polar surface area (TPSA) is 77.9 Å². The predicted octanol–water partition coefficient (Wildman–Crippen LogP) is 0.760. The Morgan fingerprint density at radius 3 is 2.28 bits per heavy atom. The zero-order valence-electron chi connectivity index (χ0n) is 11.2. The molecule has 1 rings (SSSR count). The van der Waals surface area contributed by atoms with Crippen molar-refractivity contribution >= 4 is 16.2 Å². The smallest absolute Gasteiger partial charge is 0.304 e. The Labute approximate surface area is 109 Å². The molecule has 0 aromatic heterocycles. The summed E-state index contributed by atoms with van der Waals surface area (Å²) in [5.74, 6) is -0.989. The van der Waals surface area contributed by atoms with Crippen molar-refractivity contribution in [1.29, 1.82) is 0 Å². The Morgan fingerprint density at radius 1 is 1.33 bits per heavy atom. The van der Waals surface area contributed by atoms with E-state index in [1.807, 2.05) is 0 Å². The molecule has 106 valence electrons. The second-order valence-corrected chi connectivity index (χ2v) is 7.57. The van der Waals surface area contributed by atoms with E-state index in [1.54, 1.807) is 0 Å². The molecular formula is C11H22N2O4S. The quantitative estimate of drug-likeness (QED) is 0.805. The van der Waals surface area contributed by atoms with Crippen molar-refractivity contribution in [2.45, 2.75) is 33.1 Å². The molecule has 0 aliphatic carbocycles. The Morgan fingerprint density at radius 2 is 1.83 bits per heavy atom. The van der Waals surface area contributed by atoms with Gasteiger partial charge in [0.05, 0.1) is 6.42 Å². The van der Waals surface area contributed by atoms with E-state index in [2.05, 4.69) is 13.8 Å². The molecule has 1 fully saturated rings. The van der Waals surface area contributed by atoms with Gasteiger partial charge in [-0.1, -0.05) is 13.8 Å². The van der Waals surface area contributed by atoms with Crippen LogP contribution in [0.3, 0.4) is 0 Å². The first-order valence-corrected chi connectivity index (χ1v) is 7.48. The van der Waals surface area contributed by atoms with Crippen molar-refractivity contribution in [3.05, 3.63) is 0 Å². The van der Waals surface area contributed by atoms with Gasteiger partial charge in [0.25, 0.3) is 10.2 Å². The minimum absolute atomic E-state index is 0.0115. The molecule has 0 spiro atoms. The number of carbonyl (C=O) groups is 1. The van der Waals surface area contributed by atoms with Gasteiger partial charge in [-0.25, -0.2) is 0 Å². The first kappa shape index (κ1) is 15.4. The lowest BCUT2D eigenvalue weighted by atomic mass is 9.83. The molecule has 0 saturated carbocycles. The summed E-state index contributed by atoms with van der Waals surface area (Å²) in [4.78, 5) is 10.5. The average Bonchev–Trinajstić information content (AvgIpc) is 2.25. The molecule has 6 nitrogen and oxygen atoms in total. The summed E-state index contributed by atoms with van der Waals surface area (Å²) in [5.41, 5.74) is 0.186. The first-order valence-electron chi connectivity index (χ1n) is 6.08. The first-order chi connectivity index (χ1) is 8.15. The maximum Gasteiger partial charge on any atom is 0.304 e. The van der Waals surface area contributed by atoms with E-state index in [9.17, 15) is 13.2 Å². The highest BCUT2D eigenvalue weighted by Crippen LogP contribution is 2.31. The molecule has 0 atom stereocenters. The van der Waals surface area contributed by atoms with E-state index in [1.165, 1.54) is 11.4 Å². The highest BCUT2D eigenvalue weighted by Gasteiger charge is 2.33. The molecule has 0 aromatic carbocycles. The fourth-order valence-corrected chi connectivity index (χ4v) is 3.25. The second-order valence-electron chi connectivity index (χ2n) is 5.54. The van der Waals surface area contributed by atoms with Crippen LogP contribution < -0.4 is 0 Å². The van der Waals surface area contributed by atoms with Gasteiger partial charge in [-0.2, -0.15) is 17.0 Å². The van der Waals surface area contributed by atoms with Crippen molar-refractivity contribution in [3.8, 4) is 0 Å². The van der Waals surface area contributed by atoms with Gasteiger partial charge in [0, 0.05) is 26.7 Å². The molecule has 7 heteroatoms. The van der Waals surface area contributed by atoms with Gasteiger partial charge in [0.2, 0.25) is 0 Å². The number of hydrogen-bond donors (Lipinski definition) is 1. The lowest BCUT2D eigenvalue weighted by Crippen LogP contribution is -2.47. The van der Waals surface area contributed by atoms with Crippen molar-refractivity contribution in [3.63, 3.8) is 0 Å². The van der Waals surface area contributed by atoms with Crippen molar-refractivity contribution in [2.75, 3.05) is 26.7 Å². The Balaban J connectivity index is 2.61. The highest BCUT2D eigenvalue weighted by atomic mass is 32.2. The molecule has 0 amide bonds. The highest BCUT2D eigenvalue weighted by molar-refractivity contribution is 7.86. The number of nitrogens with zero attached hydrogens (tertiary/aromatic N) is 2. The Bertz CT molecular complexity index is 395. The summed E-state index contributed by atoms with van der Waals surface area (Å²) >= 11 is 0. The molecule has 0 radical (unpaired) electrons. The number of aliphatic carboxylic acids is 1. The predicted molar refractivity (Wildman–Crippen MR) is 68.4 cm³/mol. The van der Waals surface area contributed by atoms with Gasteiger partial charge >= 0.3 is 5.97 Å². The molecule has 0 aromatic rings. The molecule has 1 heterocycles. The van der Waals surface area contributed by atoms with Crippen LogP contribution in [0, 0.1) is 5.41 Å². The summed E-state index contributed by atoms with van der Waals surface area (Å²) in [7, 11) is -2.08. The summed E-state index contributed by atoms with van der Waals surface area (Å²) in [6, 6.07) is 0. The van der Waals surface area contributed by atoms with Crippen LogP contribution >= 0.6 is 0 Å². The lowest BCUT2D eigenvalue weighted by molar-refractivity contribution is -0.137. The van der Waals surface area contributed by atoms with Crippen LogP contribution in [0.15, 0.2) is 0 Å². The van der Waals surface area contributed by atoms with E-state index >= 15 is 0 Å². The van der Waals surface area contributed by atoms with Gasteiger partial charge in [0.15, 0.2) is 0 Å². The Kier molecular flexibility index (Phi) is 4.74. The fourth-order valence-electron chi connectivity index (χ4n) is 1.89. The average molecular weight is 278 g/mol. The maximum atomic E-state index is 12.2. The number of rotatable bonds is 5. The standard InChI is InChI=1S/C11H22N2O4S/c1-11(2)5-8-13(9-6-11)18(16,17)12(3)7-4-10(14)15/h4-9H2,1-3H3,(H,14,15). The minimum atomic E-state index is -3.50. The molecule has 0 unspecified atom stereocenters. The van der Waals surface area contributed by atoms with Crippen LogP contribution in [-0.2, 0) is 15.0 Å². The van der Waals surface area contributed by atoms with E-state index in [0.717, 1.165) is 17.1 Å². The number of piperidine rings is 1. The van der Waals surface area contributed by atoms with E-state index < -0.39 is 16.2 Å². The lowest BCUT2D eigenvalue weighted by Gasteiger charge is -2.37. The molecule has 1 N–H and O–H groups in total. The maximum absolute atomic E-state index is 12.2. The molecular weight excluding hydrogens is 256 g/mol. The molecule has 1 aliphatic rings. The van der Waals surface area contributed by atoms with E-state index in [4.69, 9.17) is 5.11 Å². The van der Waals surface area contributed by atoms with Crippen molar-refractivity contribution in [1.82, 2.24) is 8.61 Å². The van der Waals surface area contributed by atoms with Gasteiger partial charge in [-0.15, -0.1) is 0 Å². The van der Waals surface area contributed by atoms with Crippen molar-refractivity contribution in [2.24, 2.45) is 5.41 Å². The van der Waals surface area contributed by atoms with Crippen LogP contribution in [-0.4, -0.2) is 54.8 Å². The number of carboxylic acids is 1. The van der Waals surface area contributed by atoms with Gasteiger partial charge in [0.1, 0.15) is 0 Å². The van der Waals surface area contributed by atoms with Gasteiger partial charge < -0.3 is 5.11 Å². The minimum Gasteiger partial charge on any atom is -0.481 e. The molecule has 0 bridgehead atoms. The van der Waals surface area contributed by atoms with E-state index in [0.29, 0.717) is 13.1 Å². The number of hydrogen-bond acceptors (Lipinski definition) is 3. The number of carboxylic acid groups (broad SMARTS) is 1. The van der Waals surface area contributed by atoms with Crippen LogP contribution in [0.1, 0.15) is 33.1 Å². The molecule has 18 heavy (non-hydrogen) atoms. The van der Waals surface area contributed by atoms with Crippen LogP contribution in [0.4, 0.5) is 0 Å². The normalized spacial score (nSPS) is 21.1. The van der Waals surface area contributed by atoms with Gasteiger partial charge in [-0.05, 0) is 18.3 Å². The summed E-state index contributed by atoms with van der Waals surface area (Å²) in [6.45, 7) is 5.28. The van der Waals surface area contributed by atoms with Crippen LogP contribution in [0.25, 0.3) is 0 Å². The fraction of sp³-hybridized carbons (Fsp3) is 0.909. The molecule has 1 saturated heterocycles. The van der Waals surface area contributed by atoms with E-state index in [-0.39, 0.29) is 18.4 Å². The van der Waals surface area contributed by atoms with Gasteiger partial charge in [-0.3, -0.25) is 4.79 Å². The SMILES string of the molecule is CN(CCC(=O)O)S(=O)(=O)N1CCC(C)(C)CC1. The second kappa shape index (κ2) is 5.54. The van der Waals surface area contributed by atoms with Crippen molar-refractivity contribution < 1.29 is 18.3 Å². The Hall–Kier alpha value is -0.660. The summed E-state index contributed by atoms with van der Waals surface area (Å²) in [5, 5.41) is 8.57. The third kappa shape index (κ3) is 3.93. The monoisotopic (exact) mass is 278 g/mol. The molecule has 1 aliphatic heterocycles. The van der Waals surface area contributed by atoms with Crippen LogP contribution in [0.2, 0.25) is 0 Å². The largest absolute Gasteiger partial charge is 0.481 e. The zero-order chi connectivity index (χ0) is 14.0. The zero-order valence-corrected chi connectivity index (χ0v) is 12.0. The third-order valence-electron chi connectivity index (χ3n) is 3.44.